The van der Waals surface area contributed by atoms with E-state index in [2.05, 4.69) is 51.4 Å². The van der Waals surface area contributed by atoms with Crippen molar-refractivity contribution < 1.29 is 0 Å². The smallest absolute Gasteiger partial charge is 0.141 e. The van der Waals surface area contributed by atoms with Gasteiger partial charge in [-0.2, -0.15) is 0 Å². The molecule has 0 saturated carbocycles. The fraction of sp³-hybridized carbons (Fsp3) is 0.333. The molecule has 1 aliphatic rings. The van der Waals surface area contributed by atoms with Crippen LogP contribution in [0.4, 0.5) is 5.82 Å². The van der Waals surface area contributed by atoms with Crippen molar-refractivity contribution in [3.8, 4) is 11.1 Å². The third-order valence-corrected chi connectivity index (χ3v) is 5.44. The number of hydrogen-bond donors (Lipinski definition) is 1. The van der Waals surface area contributed by atoms with Crippen LogP contribution in [-0.4, -0.2) is 29.1 Å². The Labute approximate surface area is 140 Å². The Balaban J connectivity index is 1.82. The zero-order valence-corrected chi connectivity index (χ0v) is 14.0. The lowest BCUT2D eigenvalue weighted by Gasteiger charge is -2.31. The molecule has 23 heavy (non-hydrogen) atoms. The first-order valence-electron chi connectivity index (χ1n) is 8.02. The first-order chi connectivity index (χ1) is 11.2. The summed E-state index contributed by atoms with van der Waals surface area (Å²) in [6.45, 7) is 4.05. The number of thiophene rings is 1. The maximum Gasteiger partial charge on any atom is 0.141 e. The highest BCUT2D eigenvalue weighted by Gasteiger charge is 2.21. The first kappa shape index (κ1) is 14.6. The lowest BCUT2D eigenvalue weighted by Crippen LogP contribution is -2.40. The van der Waals surface area contributed by atoms with Crippen LogP contribution in [0.15, 0.2) is 36.0 Å². The number of aromatic nitrogens is 2. The van der Waals surface area contributed by atoms with Crippen molar-refractivity contribution in [2.24, 2.45) is 5.73 Å². The maximum atomic E-state index is 6.05. The van der Waals surface area contributed by atoms with Crippen LogP contribution in [0, 0.1) is 6.92 Å². The quantitative estimate of drug-likeness (QED) is 0.782. The highest BCUT2D eigenvalue weighted by Crippen LogP contribution is 2.38. The molecule has 5 heteroatoms. The molecule has 1 aromatic carbocycles. The van der Waals surface area contributed by atoms with E-state index in [-0.39, 0.29) is 0 Å². The molecule has 2 N–H and O–H groups in total. The molecule has 2 aromatic heterocycles. The summed E-state index contributed by atoms with van der Waals surface area (Å²) in [6.07, 6.45) is 3.73. The van der Waals surface area contributed by atoms with Crippen LogP contribution < -0.4 is 10.6 Å². The zero-order valence-electron chi connectivity index (χ0n) is 13.2. The minimum absolute atomic E-state index is 0.322. The van der Waals surface area contributed by atoms with Gasteiger partial charge in [-0.3, -0.25) is 0 Å². The van der Waals surface area contributed by atoms with Gasteiger partial charge in [-0.25, -0.2) is 9.97 Å². The summed E-state index contributed by atoms with van der Waals surface area (Å²) < 4.78 is 0. The van der Waals surface area contributed by atoms with E-state index in [1.807, 2.05) is 0 Å². The van der Waals surface area contributed by atoms with Crippen LogP contribution in [0.3, 0.4) is 0 Å². The van der Waals surface area contributed by atoms with E-state index >= 15 is 0 Å². The van der Waals surface area contributed by atoms with Gasteiger partial charge >= 0.3 is 0 Å². The zero-order chi connectivity index (χ0) is 15.8. The summed E-state index contributed by atoms with van der Waals surface area (Å²) in [5.41, 5.74) is 9.78. The Morgan fingerprint density at radius 2 is 1.87 bits per heavy atom. The van der Waals surface area contributed by atoms with Crippen molar-refractivity contribution in [1.29, 1.82) is 0 Å². The Kier molecular flexibility index (Phi) is 3.75. The molecular formula is C18H20N4S. The molecule has 3 heterocycles. The highest BCUT2D eigenvalue weighted by atomic mass is 32.1. The van der Waals surface area contributed by atoms with Gasteiger partial charge in [0.25, 0.3) is 0 Å². The van der Waals surface area contributed by atoms with Gasteiger partial charge in [0.05, 0.1) is 5.39 Å². The Bertz CT molecular complexity index is 817. The maximum absolute atomic E-state index is 6.05. The average molecular weight is 324 g/mol. The molecule has 0 unspecified atom stereocenters. The lowest BCUT2D eigenvalue weighted by atomic mass is 10.0. The molecule has 4 rings (SSSR count). The summed E-state index contributed by atoms with van der Waals surface area (Å²) in [4.78, 5) is 12.5. The van der Waals surface area contributed by atoms with E-state index < -0.39 is 0 Å². The van der Waals surface area contributed by atoms with Crippen molar-refractivity contribution >= 4 is 27.4 Å². The number of rotatable bonds is 2. The van der Waals surface area contributed by atoms with E-state index in [1.54, 1.807) is 17.7 Å². The predicted molar refractivity (Wildman–Crippen MR) is 97.0 cm³/mol. The minimum Gasteiger partial charge on any atom is -0.356 e. The molecule has 4 nitrogen and oxygen atoms in total. The number of piperidine rings is 1. The van der Waals surface area contributed by atoms with Gasteiger partial charge in [0, 0.05) is 30.1 Å². The third-order valence-electron chi connectivity index (χ3n) is 4.55. The largest absolute Gasteiger partial charge is 0.356 e. The van der Waals surface area contributed by atoms with E-state index in [9.17, 15) is 0 Å². The van der Waals surface area contributed by atoms with Gasteiger partial charge in [-0.05, 0) is 25.3 Å². The number of aryl methyl sites for hydroxylation is 1. The van der Waals surface area contributed by atoms with Crippen LogP contribution >= 0.6 is 11.3 Å². The summed E-state index contributed by atoms with van der Waals surface area (Å²) >= 11 is 1.69. The molecule has 3 aromatic rings. The monoisotopic (exact) mass is 324 g/mol. The van der Waals surface area contributed by atoms with Gasteiger partial charge in [-0.1, -0.05) is 29.8 Å². The highest BCUT2D eigenvalue weighted by molar-refractivity contribution is 7.17. The van der Waals surface area contributed by atoms with Crippen molar-refractivity contribution in [1.82, 2.24) is 9.97 Å². The molecule has 118 valence electrons. The summed E-state index contributed by atoms with van der Waals surface area (Å²) in [7, 11) is 0. The fourth-order valence-electron chi connectivity index (χ4n) is 3.16. The minimum atomic E-state index is 0.322. The van der Waals surface area contributed by atoms with E-state index in [1.165, 1.54) is 22.1 Å². The number of fused-ring (bicyclic) bond motifs is 1. The number of benzene rings is 1. The van der Waals surface area contributed by atoms with Crippen LogP contribution in [0.1, 0.15) is 18.4 Å². The van der Waals surface area contributed by atoms with Gasteiger partial charge in [0.15, 0.2) is 0 Å². The van der Waals surface area contributed by atoms with E-state index in [4.69, 9.17) is 5.73 Å². The lowest BCUT2D eigenvalue weighted by molar-refractivity contribution is 0.499. The van der Waals surface area contributed by atoms with Crippen molar-refractivity contribution in [2.75, 3.05) is 18.0 Å². The Morgan fingerprint density at radius 1 is 1.13 bits per heavy atom. The second-order valence-electron chi connectivity index (χ2n) is 6.22. The third kappa shape index (κ3) is 2.71. The van der Waals surface area contributed by atoms with Crippen LogP contribution in [0.2, 0.25) is 0 Å². The second-order valence-corrected chi connectivity index (χ2v) is 7.08. The molecule has 0 aliphatic carbocycles. The molecule has 1 fully saturated rings. The molecule has 1 saturated heterocycles. The van der Waals surface area contributed by atoms with E-state index in [0.29, 0.717) is 6.04 Å². The Morgan fingerprint density at radius 3 is 2.61 bits per heavy atom. The Hall–Kier alpha value is -1.98. The van der Waals surface area contributed by atoms with Crippen LogP contribution in [0.5, 0.6) is 0 Å². The number of hydrogen-bond acceptors (Lipinski definition) is 5. The standard InChI is InChI=1S/C18H20N4S/c1-12-2-4-13(5-3-12)15-10-23-18-16(15)17(20-11-21-18)22-8-6-14(19)7-9-22/h2-5,10-11,14H,6-9,19H2,1H3. The summed E-state index contributed by atoms with van der Waals surface area (Å²) in [5, 5.41) is 3.38. The molecule has 0 radical (unpaired) electrons. The summed E-state index contributed by atoms with van der Waals surface area (Å²) in [5.74, 6) is 1.05. The SMILES string of the molecule is Cc1ccc(-c2csc3ncnc(N4CCC(N)CC4)c23)cc1. The van der Waals surface area contributed by atoms with Crippen LogP contribution in [-0.2, 0) is 0 Å². The molecule has 0 bridgehead atoms. The normalized spacial score (nSPS) is 16.2. The predicted octanol–water partition coefficient (Wildman–Crippen LogP) is 3.59. The molecule has 0 spiro atoms. The van der Waals surface area contributed by atoms with Crippen molar-refractivity contribution in [3.05, 3.63) is 41.5 Å². The topological polar surface area (TPSA) is 55.0 Å². The average Bonchev–Trinajstić information content (AvgIpc) is 3.00. The number of anilines is 1. The van der Waals surface area contributed by atoms with E-state index in [0.717, 1.165) is 36.6 Å². The second kappa shape index (κ2) is 5.91. The van der Waals surface area contributed by atoms with Crippen molar-refractivity contribution in [2.45, 2.75) is 25.8 Å². The van der Waals surface area contributed by atoms with Gasteiger partial charge in [0.2, 0.25) is 0 Å². The number of nitrogens with two attached hydrogens (primary N) is 1. The van der Waals surface area contributed by atoms with Gasteiger partial charge in [0.1, 0.15) is 17.0 Å². The molecule has 1 aliphatic heterocycles. The first-order valence-corrected chi connectivity index (χ1v) is 8.90. The fourth-order valence-corrected chi connectivity index (χ4v) is 4.07. The molecule has 0 amide bonds. The van der Waals surface area contributed by atoms with Crippen LogP contribution in [0.25, 0.3) is 21.3 Å². The molecular weight excluding hydrogens is 304 g/mol. The summed E-state index contributed by atoms with van der Waals surface area (Å²) in [6, 6.07) is 8.99. The number of nitrogens with zero attached hydrogens (tertiary/aromatic N) is 3. The van der Waals surface area contributed by atoms with Crippen molar-refractivity contribution in [3.63, 3.8) is 0 Å². The van der Waals surface area contributed by atoms with Gasteiger partial charge < -0.3 is 10.6 Å². The molecule has 0 atom stereocenters. The van der Waals surface area contributed by atoms with Gasteiger partial charge in [-0.15, -0.1) is 11.3 Å².